The molecular formula is C15H29ClN2O2. The maximum Gasteiger partial charge on any atom is 0.228 e. The predicted octanol–water partition coefficient (Wildman–Crippen LogP) is 2.26. The zero-order chi connectivity index (χ0) is 13.6. The number of ether oxygens (including phenoxy) is 1. The minimum atomic E-state index is -0.299. The third-order valence-electron chi connectivity index (χ3n) is 4.65. The summed E-state index contributed by atoms with van der Waals surface area (Å²) in [5.41, 5.74) is -0.299. The Balaban J connectivity index is 0.00000200. The normalized spacial score (nSPS) is 23.4. The molecule has 118 valence electrons. The quantitative estimate of drug-likeness (QED) is 0.783. The molecule has 1 heterocycles. The average Bonchev–Trinajstić information content (AvgIpc) is 2.69. The summed E-state index contributed by atoms with van der Waals surface area (Å²) in [6.45, 7) is 2.39. The molecule has 0 aromatic rings. The number of carbonyl (C=O) groups excluding carboxylic acids is 1. The fourth-order valence-electron chi connectivity index (χ4n) is 3.38. The highest BCUT2D eigenvalue weighted by atomic mass is 35.5. The van der Waals surface area contributed by atoms with Crippen molar-refractivity contribution in [2.24, 2.45) is 5.41 Å². The topological polar surface area (TPSA) is 50.4 Å². The van der Waals surface area contributed by atoms with Crippen LogP contribution in [0.1, 0.15) is 51.4 Å². The van der Waals surface area contributed by atoms with Gasteiger partial charge in [0.25, 0.3) is 0 Å². The molecular weight excluding hydrogens is 276 g/mol. The number of nitrogens with one attached hydrogen (secondary N) is 2. The summed E-state index contributed by atoms with van der Waals surface area (Å²) in [6.07, 6.45) is 9.21. The van der Waals surface area contributed by atoms with E-state index in [1.165, 1.54) is 25.7 Å². The van der Waals surface area contributed by atoms with E-state index in [0.717, 1.165) is 38.8 Å². The molecule has 0 radical (unpaired) electrons. The molecule has 2 rings (SSSR count). The van der Waals surface area contributed by atoms with Gasteiger partial charge in [-0.1, -0.05) is 25.7 Å². The third kappa shape index (κ3) is 4.61. The van der Waals surface area contributed by atoms with Crippen molar-refractivity contribution in [1.29, 1.82) is 0 Å². The molecule has 5 heteroatoms. The smallest absolute Gasteiger partial charge is 0.228 e. The molecule has 0 atom stereocenters. The zero-order valence-electron chi connectivity index (χ0n) is 12.6. The number of amides is 1. The van der Waals surface area contributed by atoms with Crippen LogP contribution in [0.3, 0.4) is 0 Å². The van der Waals surface area contributed by atoms with Crippen LogP contribution in [0.15, 0.2) is 0 Å². The molecule has 0 aromatic carbocycles. The summed E-state index contributed by atoms with van der Waals surface area (Å²) >= 11 is 0. The maximum atomic E-state index is 12.7. The second kappa shape index (κ2) is 8.85. The highest BCUT2D eigenvalue weighted by Gasteiger charge is 2.40. The third-order valence-corrected chi connectivity index (χ3v) is 4.65. The van der Waals surface area contributed by atoms with Gasteiger partial charge in [0.15, 0.2) is 0 Å². The summed E-state index contributed by atoms with van der Waals surface area (Å²) in [4.78, 5) is 12.7. The molecule has 2 aliphatic rings. The van der Waals surface area contributed by atoms with Crippen molar-refractivity contribution < 1.29 is 9.53 Å². The Kier molecular flexibility index (Phi) is 7.85. The number of rotatable bonds is 4. The highest BCUT2D eigenvalue weighted by molar-refractivity contribution is 5.85. The van der Waals surface area contributed by atoms with Gasteiger partial charge in [0.1, 0.15) is 0 Å². The van der Waals surface area contributed by atoms with Gasteiger partial charge in [-0.25, -0.2) is 0 Å². The fourth-order valence-corrected chi connectivity index (χ4v) is 3.38. The van der Waals surface area contributed by atoms with Gasteiger partial charge in [-0.05, 0) is 38.8 Å². The largest absolute Gasteiger partial charge is 0.384 e. The lowest BCUT2D eigenvalue weighted by Gasteiger charge is -2.36. The number of carbonyl (C=O) groups is 1. The van der Waals surface area contributed by atoms with E-state index < -0.39 is 0 Å². The average molecular weight is 305 g/mol. The first-order valence-electron chi connectivity index (χ1n) is 7.77. The van der Waals surface area contributed by atoms with Crippen LogP contribution in [0.25, 0.3) is 0 Å². The molecule has 0 bridgehead atoms. The van der Waals surface area contributed by atoms with Crippen molar-refractivity contribution in [3.8, 4) is 0 Å². The fraction of sp³-hybridized carbons (Fsp3) is 0.933. The standard InChI is InChI=1S/C15H28N2O2.ClH/c1-19-12-15(8-10-16-11-9-15)14(18)17-13-6-4-2-3-5-7-13;/h13,16H,2-12H2,1H3,(H,17,18);1H. The molecule has 0 unspecified atom stereocenters. The Bertz CT molecular complexity index is 280. The van der Waals surface area contributed by atoms with Crippen molar-refractivity contribution in [2.75, 3.05) is 26.8 Å². The summed E-state index contributed by atoms with van der Waals surface area (Å²) in [6, 6.07) is 0.388. The van der Waals surface area contributed by atoms with Gasteiger partial charge in [0.05, 0.1) is 12.0 Å². The van der Waals surface area contributed by atoms with Gasteiger partial charge in [-0.2, -0.15) is 0 Å². The molecule has 1 saturated heterocycles. The summed E-state index contributed by atoms with van der Waals surface area (Å²) in [5, 5.41) is 6.64. The van der Waals surface area contributed by atoms with E-state index in [9.17, 15) is 4.79 Å². The predicted molar refractivity (Wildman–Crippen MR) is 83.3 cm³/mol. The second-order valence-electron chi connectivity index (χ2n) is 6.13. The molecule has 2 fully saturated rings. The summed E-state index contributed by atoms with van der Waals surface area (Å²) in [7, 11) is 1.70. The molecule has 1 amide bonds. The number of hydrogen-bond acceptors (Lipinski definition) is 3. The SMILES string of the molecule is COCC1(C(=O)NC2CCCCCC2)CCNCC1.Cl. The molecule has 4 nitrogen and oxygen atoms in total. The number of hydrogen-bond donors (Lipinski definition) is 2. The van der Waals surface area contributed by atoms with Gasteiger partial charge in [0.2, 0.25) is 5.91 Å². The van der Waals surface area contributed by atoms with E-state index in [1.54, 1.807) is 7.11 Å². The Morgan fingerprint density at radius 3 is 2.35 bits per heavy atom. The first kappa shape index (κ1) is 17.7. The molecule has 0 spiro atoms. The van der Waals surface area contributed by atoms with Gasteiger partial charge >= 0.3 is 0 Å². The van der Waals surface area contributed by atoms with E-state index in [4.69, 9.17) is 4.74 Å². The van der Waals surface area contributed by atoms with Crippen LogP contribution in [-0.4, -0.2) is 38.8 Å². The maximum absolute atomic E-state index is 12.7. The zero-order valence-corrected chi connectivity index (χ0v) is 13.4. The second-order valence-corrected chi connectivity index (χ2v) is 6.13. The van der Waals surface area contributed by atoms with Gasteiger partial charge < -0.3 is 15.4 Å². The summed E-state index contributed by atoms with van der Waals surface area (Å²) < 4.78 is 5.33. The van der Waals surface area contributed by atoms with E-state index in [0.29, 0.717) is 12.6 Å². The Morgan fingerprint density at radius 2 is 1.80 bits per heavy atom. The lowest BCUT2D eigenvalue weighted by molar-refractivity contribution is -0.137. The van der Waals surface area contributed by atoms with Gasteiger partial charge in [0, 0.05) is 13.2 Å². The van der Waals surface area contributed by atoms with E-state index in [2.05, 4.69) is 10.6 Å². The minimum absolute atomic E-state index is 0. The lowest BCUT2D eigenvalue weighted by Crippen LogP contribution is -2.52. The number of methoxy groups -OCH3 is 1. The van der Waals surface area contributed by atoms with Crippen LogP contribution in [0.5, 0.6) is 0 Å². The van der Waals surface area contributed by atoms with E-state index >= 15 is 0 Å². The minimum Gasteiger partial charge on any atom is -0.384 e. The molecule has 20 heavy (non-hydrogen) atoms. The van der Waals surface area contributed by atoms with Crippen LogP contribution in [0.2, 0.25) is 0 Å². The molecule has 1 aliphatic heterocycles. The van der Waals surface area contributed by atoms with Crippen LogP contribution >= 0.6 is 12.4 Å². The first-order chi connectivity index (χ1) is 9.27. The highest BCUT2D eigenvalue weighted by Crippen LogP contribution is 2.30. The Morgan fingerprint density at radius 1 is 1.20 bits per heavy atom. The Hall–Kier alpha value is -0.320. The Labute approximate surface area is 128 Å². The van der Waals surface area contributed by atoms with Crippen molar-refractivity contribution >= 4 is 18.3 Å². The number of piperidine rings is 1. The van der Waals surface area contributed by atoms with Crippen molar-refractivity contribution in [1.82, 2.24) is 10.6 Å². The lowest BCUT2D eigenvalue weighted by atomic mass is 9.78. The van der Waals surface area contributed by atoms with Crippen molar-refractivity contribution in [3.05, 3.63) is 0 Å². The molecule has 1 aliphatic carbocycles. The van der Waals surface area contributed by atoms with Crippen LogP contribution in [0.4, 0.5) is 0 Å². The van der Waals surface area contributed by atoms with Gasteiger partial charge in [-0.3, -0.25) is 4.79 Å². The summed E-state index contributed by atoms with van der Waals surface area (Å²) in [5.74, 6) is 0.225. The van der Waals surface area contributed by atoms with E-state index in [1.807, 2.05) is 0 Å². The van der Waals surface area contributed by atoms with Crippen LogP contribution in [0, 0.1) is 5.41 Å². The molecule has 0 aromatic heterocycles. The van der Waals surface area contributed by atoms with Crippen LogP contribution < -0.4 is 10.6 Å². The number of halogens is 1. The molecule has 2 N–H and O–H groups in total. The monoisotopic (exact) mass is 304 g/mol. The molecule has 1 saturated carbocycles. The van der Waals surface area contributed by atoms with Crippen LogP contribution in [-0.2, 0) is 9.53 Å². The van der Waals surface area contributed by atoms with Crippen molar-refractivity contribution in [2.45, 2.75) is 57.4 Å². The first-order valence-corrected chi connectivity index (χ1v) is 7.77. The van der Waals surface area contributed by atoms with Crippen molar-refractivity contribution in [3.63, 3.8) is 0 Å². The van der Waals surface area contributed by atoms with E-state index in [-0.39, 0.29) is 23.7 Å². The van der Waals surface area contributed by atoms with Gasteiger partial charge in [-0.15, -0.1) is 12.4 Å².